The Morgan fingerprint density at radius 3 is 1.62 bits per heavy atom. The summed E-state index contributed by atoms with van der Waals surface area (Å²) in [7, 11) is 2.16. The van der Waals surface area contributed by atoms with E-state index < -0.39 is 0 Å². The summed E-state index contributed by atoms with van der Waals surface area (Å²) in [6.07, 6.45) is 21.9. The van der Waals surface area contributed by atoms with Crippen LogP contribution in [0.4, 0.5) is 11.4 Å². The fourth-order valence-electron chi connectivity index (χ4n) is 11.1. The molecule has 80 heavy (non-hydrogen) atoms. The van der Waals surface area contributed by atoms with Gasteiger partial charge in [0.05, 0.1) is 28.2 Å². The van der Waals surface area contributed by atoms with Gasteiger partial charge in [0.25, 0.3) is 0 Å². The molecule has 0 aliphatic carbocycles. The quantitative estimate of drug-likeness (QED) is 0.0276. The van der Waals surface area contributed by atoms with E-state index in [4.69, 9.17) is 0 Å². The van der Waals surface area contributed by atoms with Crippen molar-refractivity contribution in [3.63, 3.8) is 0 Å². The first kappa shape index (κ1) is 62.9. The summed E-state index contributed by atoms with van der Waals surface area (Å²) >= 11 is 0. The number of allylic oxidation sites excluding steroid dienone is 6. The Morgan fingerprint density at radius 1 is 0.613 bits per heavy atom. The molecule has 1 amide bonds. The summed E-state index contributed by atoms with van der Waals surface area (Å²) in [5.74, 6) is 0.0486. The molecule has 2 aliphatic heterocycles. The standard InChI is InChI=1S/C66H73N9O2.ClH.2Zn/c1-65(2)57-28-11-13-30-59(57)72(5)61(65)32-8-6-9-33-62-66(3,4)58-29-12-14-31-60(58)75(62)41-23-7-10-34-63(76)71-40-35-50-42-51(44-73(46-53-24-15-19-36-67-53)47-54-25-16-20-37-68-54)64(77)52(43-50)45-74(48-55-26-17-21-38-69-55)49-56-27-18-22-39-70-56;;;/h6,8-9,11-22,24-33,36-39,42-43H,7,10,23,34-35,40-41,44-49H2,1-5H3,(H-,71,76,77);1H;;/q;;2*+2/p-1. The maximum Gasteiger partial charge on any atom is 2.00 e. The van der Waals surface area contributed by atoms with E-state index in [1.807, 2.05) is 84.9 Å². The Morgan fingerprint density at radius 2 is 1.11 bits per heavy atom. The summed E-state index contributed by atoms with van der Waals surface area (Å²) in [6.45, 7) is 13.5. The normalized spacial score (nSPS) is 14.5. The zero-order valence-corrected chi connectivity index (χ0v) is 54.0. The maximum absolute atomic E-state index is 14.7. The fourth-order valence-corrected chi connectivity index (χ4v) is 11.1. The van der Waals surface area contributed by atoms with Gasteiger partial charge in [-0.25, -0.2) is 0 Å². The minimum Gasteiger partial charge on any atom is -1.00 e. The minimum absolute atomic E-state index is 0. The van der Waals surface area contributed by atoms with Gasteiger partial charge in [0.15, 0.2) is 5.71 Å². The van der Waals surface area contributed by atoms with E-state index in [2.05, 4.69) is 158 Å². The van der Waals surface area contributed by atoms with Crippen molar-refractivity contribution in [1.29, 1.82) is 0 Å². The van der Waals surface area contributed by atoms with Crippen LogP contribution in [0, 0.1) is 0 Å². The van der Waals surface area contributed by atoms with Crippen LogP contribution in [0.2, 0.25) is 0 Å². The Bertz CT molecular complexity index is 3040. The van der Waals surface area contributed by atoms with Gasteiger partial charge in [0.2, 0.25) is 11.6 Å². The molecule has 4 aromatic heterocycles. The predicted octanol–water partition coefficient (Wildman–Crippen LogP) is 8.46. The Kier molecular flexibility index (Phi) is 23.5. The van der Waals surface area contributed by atoms with E-state index >= 15 is 0 Å². The number of carbonyl (C=O) groups is 1. The molecule has 7 aromatic rings. The van der Waals surface area contributed by atoms with Crippen LogP contribution >= 0.6 is 0 Å². The summed E-state index contributed by atoms with van der Waals surface area (Å²) < 4.78 is 2.30. The van der Waals surface area contributed by atoms with Gasteiger partial charge in [0, 0.05) is 118 Å². The molecule has 3 aromatic carbocycles. The molecular formula is C66H73ClN9O2Zn2+3. The van der Waals surface area contributed by atoms with Crippen molar-refractivity contribution in [1.82, 2.24) is 35.1 Å². The van der Waals surface area contributed by atoms with E-state index in [-0.39, 0.29) is 73.8 Å². The molecule has 9 rings (SSSR count). The van der Waals surface area contributed by atoms with Crippen LogP contribution in [0.1, 0.15) is 104 Å². The molecule has 6 heterocycles. The molecule has 0 radical (unpaired) electrons. The zero-order valence-electron chi connectivity index (χ0n) is 47.3. The number of para-hydroxylation sites is 2. The fraction of sp³-hybridized carbons (Fsp3) is 0.303. The van der Waals surface area contributed by atoms with Crippen molar-refractivity contribution in [3.05, 3.63) is 245 Å². The monoisotopic (exact) mass is 1190 g/mol. The third-order valence-corrected chi connectivity index (χ3v) is 15.0. The molecule has 0 bridgehead atoms. The first-order valence-electron chi connectivity index (χ1n) is 27.2. The van der Waals surface area contributed by atoms with Gasteiger partial charge in [-0.15, -0.1) is 0 Å². The van der Waals surface area contributed by atoms with Crippen LogP contribution in [-0.4, -0.2) is 66.1 Å². The largest absolute Gasteiger partial charge is 2.00 e. The van der Waals surface area contributed by atoms with Crippen molar-refractivity contribution < 1.29 is 65.8 Å². The van der Waals surface area contributed by atoms with E-state index in [0.717, 1.165) is 54.1 Å². The van der Waals surface area contributed by atoms with Gasteiger partial charge in [-0.2, -0.15) is 4.58 Å². The molecule has 14 heteroatoms. The molecule has 0 atom stereocenters. The van der Waals surface area contributed by atoms with E-state index in [1.165, 1.54) is 33.9 Å². The van der Waals surface area contributed by atoms with Gasteiger partial charge < -0.3 is 27.7 Å². The maximum atomic E-state index is 14.7. The van der Waals surface area contributed by atoms with Gasteiger partial charge in [-0.05, 0) is 116 Å². The molecule has 2 aliphatic rings. The number of benzene rings is 3. The number of amides is 1. The van der Waals surface area contributed by atoms with Crippen LogP contribution in [0.3, 0.4) is 0 Å². The first-order chi connectivity index (χ1) is 37.4. The van der Waals surface area contributed by atoms with Crippen LogP contribution in [0.25, 0.3) is 0 Å². The summed E-state index contributed by atoms with van der Waals surface area (Å²) in [5.41, 5.74) is 13.6. The zero-order chi connectivity index (χ0) is 53.6. The van der Waals surface area contributed by atoms with Crippen molar-refractivity contribution in [2.75, 3.05) is 25.0 Å². The average molecular weight is 1190 g/mol. The molecule has 402 valence electrons. The average Bonchev–Trinajstić information content (AvgIpc) is 3.82. The third kappa shape index (κ3) is 16.0. The van der Waals surface area contributed by atoms with Crippen molar-refractivity contribution in [3.8, 4) is 5.75 Å². The summed E-state index contributed by atoms with van der Waals surface area (Å²) in [6, 6.07) is 45.1. The van der Waals surface area contributed by atoms with Gasteiger partial charge in [-0.3, -0.25) is 34.5 Å². The number of halogens is 1. The molecule has 0 saturated carbocycles. The number of carbonyl (C=O) groups excluding carboxylic acids is 1. The minimum atomic E-state index is -0.151. The summed E-state index contributed by atoms with van der Waals surface area (Å²) in [5, 5.41) is 17.9. The number of pyridine rings is 4. The molecule has 11 nitrogen and oxygen atoms in total. The number of nitrogens with zero attached hydrogens (tertiary/aromatic N) is 8. The second-order valence-corrected chi connectivity index (χ2v) is 21.4. The topological polar surface area (TPSA) is 116 Å². The number of nitrogens with one attached hydrogen (secondary N) is 1. The second-order valence-electron chi connectivity index (χ2n) is 21.4. The van der Waals surface area contributed by atoms with Crippen LogP contribution < -0.4 is 27.7 Å². The number of hydrogen-bond acceptors (Lipinski definition) is 9. The molecular weight excluding hydrogens is 1120 g/mol. The number of hydrogen-bond donors (Lipinski definition) is 1. The number of rotatable bonds is 24. The molecule has 0 unspecified atom stereocenters. The second kappa shape index (κ2) is 29.9. The Labute approximate surface area is 506 Å². The van der Waals surface area contributed by atoms with Gasteiger partial charge >= 0.3 is 39.0 Å². The van der Waals surface area contributed by atoms with E-state index in [1.54, 1.807) is 24.8 Å². The number of fused-ring (bicyclic) bond motifs is 2. The van der Waals surface area contributed by atoms with Crippen LogP contribution in [0.5, 0.6) is 5.75 Å². The van der Waals surface area contributed by atoms with E-state index in [9.17, 15) is 9.90 Å². The molecule has 1 N–H and O–H groups in total. The van der Waals surface area contributed by atoms with Crippen molar-refractivity contribution in [2.45, 2.75) is 110 Å². The Balaban J connectivity index is 0.00000344. The SMILES string of the molecule is C[N+]1=C(/C=C/C=C/C=C2\N(CCCCCC(=O)NCCc3cc(CN(Cc4ccccn4)Cc4ccccn4)c([O-])c(CN(Cc4ccccn4)Cc4ccccn4)c3)c3ccccc3C2(C)C)C(C)(C)c2ccccc21.[Cl-].[Zn+2].[Zn+2]. The predicted molar refractivity (Wildman–Crippen MR) is 307 cm³/mol. The molecule has 0 spiro atoms. The van der Waals surface area contributed by atoms with Crippen LogP contribution in [-0.2, 0) is 100 Å². The molecule has 0 fully saturated rings. The smallest absolute Gasteiger partial charge is 1.00 e. The van der Waals surface area contributed by atoms with Gasteiger partial charge in [0.1, 0.15) is 7.05 Å². The number of anilines is 1. The van der Waals surface area contributed by atoms with Gasteiger partial charge in [-0.1, -0.05) is 117 Å². The van der Waals surface area contributed by atoms with Crippen molar-refractivity contribution >= 4 is 23.0 Å². The summed E-state index contributed by atoms with van der Waals surface area (Å²) in [4.78, 5) is 38.9. The first-order valence-corrected chi connectivity index (χ1v) is 27.2. The van der Waals surface area contributed by atoms with E-state index in [0.29, 0.717) is 69.8 Å². The number of unbranched alkanes of at least 4 members (excludes halogenated alkanes) is 2. The molecule has 0 saturated heterocycles. The third-order valence-electron chi connectivity index (χ3n) is 15.0. The van der Waals surface area contributed by atoms with Crippen LogP contribution in [0.15, 0.2) is 194 Å². The van der Waals surface area contributed by atoms with Crippen molar-refractivity contribution in [2.24, 2.45) is 0 Å². The number of aromatic nitrogens is 4. The Hall–Kier alpha value is -6.32.